The number of piperidine rings is 1. The van der Waals surface area contributed by atoms with E-state index in [0.717, 1.165) is 0 Å². The number of ether oxygens (including phenoxy) is 2. The van der Waals surface area contributed by atoms with Crippen LogP contribution in [0.5, 0.6) is 0 Å². The maximum atomic E-state index is 11.2. The molecule has 0 unspecified atom stereocenters. The summed E-state index contributed by atoms with van der Waals surface area (Å²) in [5.41, 5.74) is 0. The van der Waals surface area contributed by atoms with Crippen LogP contribution in [0, 0.1) is 0 Å². The Bertz CT molecular complexity index is 313. The van der Waals surface area contributed by atoms with E-state index in [-0.39, 0.29) is 6.61 Å². The van der Waals surface area contributed by atoms with Crippen LogP contribution in [0.25, 0.3) is 0 Å². The van der Waals surface area contributed by atoms with Gasteiger partial charge in [-0.05, 0) is 6.42 Å². The fraction of sp³-hybridized carbons (Fsp3) is 0.900. The highest BCUT2D eigenvalue weighted by atomic mass is 16.7. The third-order valence-corrected chi connectivity index (χ3v) is 3.11. The van der Waals surface area contributed by atoms with E-state index in [4.69, 9.17) is 9.47 Å². The molecule has 2 aliphatic heterocycles. The van der Waals surface area contributed by atoms with E-state index < -0.39 is 42.7 Å². The van der Waals surface area contributed by atoms with Gasteiger partial charge in [-0.15, -0.1) is 0 Å². The molecule has 0 saturated carbocycles. The first kappa shape index (κ1) is 13.7. The van der Waals surface area contributed by atoms with E-state index in [1.54, 1.807) is 0 Å². The zero-order chi connectivity index (χ0) is 13.3. The van der Waals surface area contributed by atoms with Crippen molar-refractivity contribution in [2.24, 2.45) is 0 Å². The van der Waals surface area contributed by atoms with Crippen molar-refractivity contribution >= 4 is 5.91 Å². The van der Waals surface area contributed by atoms with E-state index in [1.165, 1.54) is 0 Å². The topological polar surface area (TPSA) is 128 Å². The molecular weight excluding hydrogens is 246 g/mol. The zero-order valence-electron chi connectivity index (χ0n) is 9.60. The predicted molar refractivity (Wildman–Crippen MR) is 56.3 cm³/mol. The van der Waals surface area contributed by atoms with Crippen molar-refractivity contribution in [2.45, 2.75) is 43.2 Å². The molecule has 2 heterocycles. The van der Waals surface area contributed by atoms with Crippen LogP contribution in [0.2, 0.25) is 0 Å². The maximum Gasteiger partial charge on any atom is 0.251 e. The number of hydrogen-bond donors (Lipinski definition) is 5. The Labute approximate surface area is 103 Å². The quantitative estimate of drug-likeness (QED) is 0.353. The first-order chi connectivity index (χ1) is 8.50. The lowest BCUT2D eigenvalue weighted by Gasteiger charge is -2.38. The minimum atomic E-state index is -1.43. The lowest BCUT2D eigenvalue weighted by molar-refractivity contribution is -0.290. The summed E-state index contributed by atoms with van der Waals surface area (Å²) in [6.07, 6.45) is -6.92. The largest absolute Gasteiger partial charge is 0.388 e. The molecule has 8 nitrogen and oxygen atoms in total. The van der Waals surface area contributed by atoms with Gasteiger partial charge in [-0.2, -0.15) is 0 Å². The zero-order valence-corrected chi connectivity index (χ0v) is 9.60. The molecule has 1 amide bonds. The molecule has 2 fully saturated rings. The molecule has 5 N–H and O–H groups in total. The molecule has 0 spiro atoms. The summed E-state index contributed by atoms with van der Waals surface area (Å²) in [5, 5.41) is 40.4. The van der Waals surface area contributed by atoms with Gasteiger partial charge in [0.05, 0.1) is 12.7 Å². The van der Waals surface area contributed by atoms with Gasteiger partial charge in [0, 0.05) is 6.54 Å². The van der Waals surface area contributed by atoms with Crippen molar-refractivity contribution in [3.8, 4) is 0 Å². The van der Waals surface area contributed by atoms with Gasteiger partial charge in [0.15, 0.2) is 12.4 Å². The fourth-order valence-corrected chi connectivity index (χ4v) is 1.98. The van der Waals surface area contributed by atoms with E-state index in [1.807, 2.05) is 0 Å². The van der Waals surface area contributed by atoms with Crippen molar-refractivity contribution in [3.63, 3.8) is 0 Å². The van der Waals surface area contributed by atoms with Crippen molar-refractivity contribution in [1.82, 2.24) is 5.32 Å². The van der Waals surface area contributed by atoms with Gasteiger partial charge in [-0.1, -0.05) is 0 Å². The minimum Gasteiger partial charge on any atom is -0.388 e. The van der Waals surface area contributed by atoms with E-state index >= 15 is 0 Å². The van der Waals surface area contributed by atoms with E-state index in [0.29, 0.717) is 13.0 Å². The molecule has 0 aromatic heterocycles. The molecule has 2 saturated heterocycles. The Kier molecular flexibility index (Phi) is 4.15. The number of aliphatic hydroxyl groups excluding tert-OH is 4. The third-order valence-electron chi connectivity index (χ3n) is 3.11. The average molecular weight is 263 g/mol. The van der Waals surface area contributed by atoms with Crippen LogP contribution in [-0.2, 0) is 14.3 Å². The van der Waals surface area contributed by atoms with Crippen LogP contribution in [0.15, 0.2) is 0 Å². The Morgan fingerprint density at radius 1 is 1.22 bits per heavy atom. The number of nitrogens with one attached hydrogen (secondary N) is 1. The third kappa shape index (κ3) is 2.63. The second kappa shape index (κ2) is 5.47. The van der Waals surface area contributed by atoms with Crippen molar-refractivity contribution in [2.75, 3.05) is 13.2 Å². The Hall–Kier alpha value is -0.770. The lowest BCUT2D eigenvalue weighted by Crippen LogP contribution is -2.57. The van der Waals surface area contributed by atoms with Gasteiger partial charge < -0.3 is 35.2 Å². The second-order valence-electron chi connectivity index (χ2n) is 4.45. The lowest BCUT2D eigenvalue weighted by atomic mass is 10.0. The van der Waals surface area contributed by atoms with Crippen LogP contribution >= 0.6 is 0 Å². The second-order valence-corrected chi connectivity index (χ2v) is 4.45. The summed E-state index contributed by atoms with van der Waals surface area (Å²) in [6, 6.07) is 0. The maximum absolute atomic E-state index is 11.2. The summed E-state index contributed by atoms with van der Waals surface area (Å²) in [5.74, 6) is -0.544. The molecule has 2 rings (SSSR count). The van der Waals surface area contributed by atoms with Gasteiger partial charge in [0.1, 0.15) is 18.3 Å². The van der Waals surface area contributed by atoms with E-state index in [2.05, 4.69) is 5.32 Å². The van der Waals surface area contributed by atoms with Crippen LogP contribution in [-0.4, -0.2) is 76.3 Å². The molecule has 8 heteroatoms. The number of hydrogen-bond acceptors (Lipinski definition) is 7. The van der Waals surface area contributed by atoms with Crippen molar-refractivity contribution < 1.29 is 34.7 Å². The minimum absolute atomic E-state index is 0.183. The molecule has 0 radical (unpaired) electrons. The Balaban J connectivity index is 1.94. The first-order valence-corrected chi connectivity index (χ1v) is 5.77. The number of amides is 1. The highest BCUT2D eigenvalue weighted by Crippen LogP contribution is 2.21. The standard InChI is InChI=1S/C10H17NO7/c12-4-3-17-10(8(15)6(4)13)18-5-1-2-11-9(16)7(5)14/h4-8,10,12-15H,1-3H2,(H,11,16)/t4-,5-,6+,7+,8+,10+/m1/s1. The Morgan fingerprint density at radius 3 is 2.67 bits per heavy atom. The van der Waals surface area contributed by atoms with Crippen LogP contribution in [0.3, 0.4) is 0 Å². The van der Waals surface area contributed by atoms with Gasteiger partial charge in [-0.25, -0.2) is 0 Å². The Morgan fingerprint density at radius 2 is 1.94 bits per heavy atom. The SMILES string of the molecule is O=C1NCC[C@@H](O[C@@H]2OC[C@@H](O)[C@H](O)[C@@H]2O)[C@@H]1O. The highest BCUT2D eigenvalue weighted by molar-refractivity contribution is 5.81. The van der Waals surface area contributed by atoms with Crippen LogP contribution in [0.4, 0.5) is 0 Å². The number of aliphatic hydroxyl groups is 4. The normalized spacial score (nSPS) is 45.7. The molecule has 0 bridgehead atoms. The average Bonchev–Trinajstić information content (AvgIpc) is 2.35. The van der Waals surface area contributed by atoms with Gasteiger partial charge >= 0.3 is 0 Å². The summed E-state index contributed by atoms with van der Waals surface area (Å²) in [6.45, 7) is 0.173. The predicted octanol–water partition coefficient (Wildman–Crippen LogP) is -3.31. The summed E-state index contributed by atoms with van der Waals surface area (Å²) in [7, 11) is 0. The summed E-state index contributed by atoms with van der Waals surface area (Å²) < 4.78 is 10.3. The van der Waals surface area contributed by atoms with Crippen LogP contribution < -0.4 is 5.32 Å². The van der Waals surface area contributed by atoms with Gasteiger partial charge in [0.2, 0.25) is 0 Å². The monoisotopic (exact) mass is 263 g/mol. The molecule has 18 heavy (non-hydrogen) atoms. The molecule has 0 aromatic rings. The summed E-state index contributed by atoms with van der Waals surface area (Å²) in [4.78, 5) is 11.2. The molecule has 2 aliphatic rings. The van der Waals surface area contributed by atoms with Crippen molar-refractivity contribution in [3.05, 3.63) is 0 Å². The summed E-state index contributed by atoms with van der Waals surface area (Å²) >= 11 is 0. The smallest absolute Gasteiger partial charge is 0.251 e. The molecule has 6 atom stereocenters. The number of rotatable bonds is 2. The first-order valence-electron chi connectivity index (χ1n) is 5.77. The van der Waals surface area contributed by atoms with Gasteiger partial charge in [0.25, 0.3) is 5.91 Å². The van der Waals surface area contributed by atoms with Crippen LogP contribution in [0.1, 0.15) is 6.42 Å². The molecule has 104 valence electrons. The van der Waals surface area contributed by atoms with Gasteiger partial charge in [-0.3, -0.25) is 4.79 Å². The number of carbonyl (C=O) groups is 1. The molecule has 0 aliphatic carbocycles. The number of carbonyl (C=O) groups excluding carboxylic acids is 1. The molecule has 0 aromatic carbocycles. The van der Waals surface area contributed by atoms with E-state index in [9.17, 15) is 25.2 Å². The highest BCUT2D eigenvalue weighted by Gasteiger charge is 2.41. The fourth-order valence-electron chi connectivity index (χ4n) is 1.98. The van der Waals surface area contributed by atoms with Crippen molar-refractivity contribution in [1.29, 1.82) is 0 Å². The molecular formula is C10H17NO7.